The van der Waals surface area contributed by atoms with Crippen molar-refractivity contribution in [3.05, 3.63) is 42.6 Å². The summed E-state index contributed by atoms with van der Waals surface area (Å²) in [5.41, 5.74) is 0.142. The van der Waals surface area contributed by atoms with E-state index >= 15 is 0 Å². The molecule has 0 aromatic heterocycles. The minimum Gasteiger partial charge on any atom is -0.480 e. The lowest BCUT2D eigenvalue weighted by Gasteiger charge is -2.23. The molecule has 2 aliphatic heterocycles. The van der Waals surface area contributed by atoms with Crippen LogP contribution in [0, 0.1) is 0 Å². The number of nitrogens with zero attached hydrogens (tertiary/aromatic N) is 1. The molecule has 3 atom stereocenters. The summed E-state index contributed by atoms with van der Waals surface area (Å²) in [6.07, 6.45) is 5.41. The first-order valence-electron chi connectivity index (χ1n) is 10.5. The zero-order valence-corrected chi connectivity index (χ0v) is 18.7. The van der Waals surface area contributed by atoms with Crippen molar-refractivity contribution in [2.75, 3.05) is 19.6 Å². The summed E-state index contributed by atoms with van der Waals surface area (Å²) in [6.45, 7) is 1.09. The fourth-order valence-electron chi connectivity index (χ4n) is 3.22. The predicted octanol–water partition coefficient (Wildman–Crippen LogP) is -0.961. The van der Waals surface area contributed by atoms with Gasteiger partial charge in [-0.05, 0) is 37.7 Å². The molecule has 3 rings (SSSR count). The second-order valence-electron chi connectivity index (χ2n) is 7.51. The van der Waals surface area contributed by atoms with E-state index in [1.165, 1.54) is 24.3 Å². The molecule has 6 N–H and O–H groups in total. The summed E-state index contributed by atoms with van der Waals surface area (Å²) in [5, 5.41) is 25.2. The normalized spacial score (nSPS) is 20.9. The smallest absolute Gasteiger partial charge is 0.323 e. The molecular formula is C20H28N6O6S. The SMILES string of the molecule is O=C(NCC(NS(=O)(=O)c1ccccc1)C(=O)O)C1=NOC(CCCNC2NC=CCN2)C1. The van der Waals surface area contributed by atoms with Crippen molar-refractivity contribution in [1.29, 1.82) is 0 Å². The van der Waals surface area contributed by atoms with Gasteiger partial charge in [-0.15, -0.1) is 0 Å². The fourth-order valence-corrected chi connectivity index (χ4v) is 4.43. The van der Waals surface area contributed by atoms with Gasteiger partial charge in [-0.1, -0.05) is 29.4 Å². The standard InChI is InChI=1S/C20H28N6O6S/c27-18(16-12-14(32-25-16)6-4-9-21-20-22-10-5-11-23-20)24-13-17(19(28)29)26-33(30,31)15-7-2-1-3-8-15/h1-3,5,7-8,10,14,17,20-23,26H,4,6,9,11-13H2,(H,24,27)(H,28,29). The predicted molar refractivity (Wildman–Crippen MR) is 119 cm³/mol. The van der Waals surface area contributed by atoms with E-state index in [0.29, 0.717) is 12.8 Å². The molecule has 0 bridgehead atoms. The Hall–Kier alpha value is -3.00. The van der Waals surface area contributed by atoms with Gasteiger partial charge in [0.1, 0.15) is 24.1 Å². The molecule has 33 heavy (non-hydrogen) atoms. The van der Waals surface area contributed by atoms with Crippen molar-refractivity contribution in [1.82, 2.24) is 26.0 Å². The van der Waals surface area contributed by atoms with Crippen LogP contribution in [0.15, 0.2) is 52.7 Å². The molecule has 0 spiro atoms. The topological polar surface area (TPSA) is 170 Å². The van der Waals surface area contributed by atoms with E-state index in [4.69, 9.17) is 4.84 Å². The molecule has 1 aromatic carbocycles. The number of hydrogen-bond donors (Lipinski definition) is 6. The zero-order chi connectivity index (χ0) is 23.7. The maximum Gasteiger partial charge on any atom is 0.323 e. The van der Waals surface area contributed by atoms with Crippen molar-refractivity contribution >= 4 is 27.6 Å². The Balaban J connectivity index is 1.40. The summed E-state index contributed by atoms with van der Waals surface area (Å²) >= 11 is 0. The van der Waals surface area contributed by atoms with Crippen LogP contribution in [0.4, 0.5) is 0 Å². The van der Waals surface area contributed by atoms with Gasteiger partial charge < -0.3 is 20.6 Å². The molecule has 0 saturated heterocycles. The third kappa shape index (κ3) is 7.53. The van der Waals surface area contributed by atoms with E-state index in [1.807, 2.05) is 12.3 Å². The van der Waals surface area contributed by atoms with Crippen LogP contribution >= 0.6 is 0 Å². The number of oxime groups is 1. The molecule has 13 heteroatoms. The number of carboxylic acids is 1. The minimum atomic E-state index is -4.06. The van der Waals surface area contributed by atoms with E-state index in [-0.39, 0.29) is 23.0 Å². The summed E-state index contributed by atoms with van der Waals surface area (Å²) in [5.74, 6) is -2.01. The van der Waals surface area contributed by atoms with E-state index in [1.54, 1.807) is 6.07 Å². The highest BCUT2D eigenvalue weighted by atomic mass is 32.2. The van der Waals surface area contributed by atoms with Crippen molar-refractivity contribution < 1.29 is 28.0 Å². The van der Waals surface area contributed by atoms with E-state index in [2.05, 4.69) is 31.1 Å². The molecule has 0 aliphatic carbocycles. The average Bonchev–Trinajstić information content (AvgIpc) is 3.29. The Labute approximate surface area is 191 Å². The lowest BCUT2D eigenvalue weighted by molar-refractivity contribution is -0.138. The number of aliphatic carboxylic acids is 1. The highest BCUT2D eigenvalue weighted by Crippen LogP contribution is 2.15. The molecule has 0 saturated carbocycles. The lowest BCUT2D eigenvalue weighted by atomic mass is 10.1. The van der Waals surface area contributed by atoms with E-state index < -0.39 is 34.5 Å². The van der Waals surface area contributed by atoms with Gasteiger partial charge in [-0.25, -0.2) is 8.42 Å². The van der Waals surface area contributed by atoms with Crippen LogP contribution in [-0.2, 0) is 24.4 Å². The van der Waals surface area contributed by atoms with E-state index in [0.717, 1.165) is 19.5 Å². The van der Waals surface area contributed by atoms with E-state index in [9.17, 15) is 23.1 Å². The zero-order valence-electron chi connectivity index (χ0n) is 17.9. The Morgan fingerprint density at radius 3 is 2.76 bits per heavy atom. The molecule has 0 radical (unpaired) electrons. The van der Waals surface area contributed by atoms with Crippen LogP contribution in [0.1, 0.15) is 19.3 Å². The number of nitrogens with one attached hydrogen (secondary N) is 5. The maximum atomic E-state index is 12.4. The van der Waals surface area contributed by atoms with Gasteiger partial charge in [0, 0.05) is 19.5 Å². The third-order valence-corrected chi connectivity index (χ3v) is 6.47. The van der Waals surface area contributed by atoms with Gasteiger partial charge >= 0.3 is 5.97 Å². The number of carboxylic acid groups (broad SMARTS) is 1. The molecule has 180 valence electrons. The second kappa shape index (κ2) is 11.7. The Morgan fingerprint density at radius 1 is 1.27 bits per heavy atom. The second-order valence-corrected chi connectivity index (χ2v) is 9.23. The van der Waals surface area contributed by atoms with Crippen LogP contribution in [0.5, 0.6) is 0 Å². The van der Waals surface area contributed by atoms with Crippen molar-refractivity contribution in [2.45, 2.75) is 42.6 Å². The van der Waals surface area contributed by atoms with Gasteiger partial charge in [-0.2, -0.15) is 4.72 Å². The number of sulfonamides is 1. The summed E-state index contributed by atoms with van der Waals surface area (Å²) in [4.78, 5) is 29.1. The Bertz CT molecular complexity index is 984. The molecule has 12 nitrogen and oxygen atoms in total. The van der Waals surface area contributed by atoms with Gasteiger partial charge in [0.15, 0.2) is 0 Å². The largest absolute Gasteiger partial charge is 0.480 e. The first-order chi connectivity index (χ1) is 15.8. The summed E-state index contributed by atoms with van der Waals surface area (Å²) in [7, 11) is -4.06. The molecule has 1 aromatic rings. The highest BCUT2D eigenvalue weighted by Gasteiger charge is 2.29. The van der Waals surface area contributed by atoms with Gasteiger partial charge in [-0.3, -0.25) is 20.2 Å². The van der Waals surface area contributed by atoms with Crippen LogP contribution in [0.3, 0.4) is 0 Å². The minimum absolute atomic E-state index is 0.0126. The van der Waals surface area contributed by atoms with Crippen molar-refractivity contribution in [3.8, 4) is 0 Å². The highest BCUT2D eigenvalue weighted by molar-refractivity contribution is 7.89. The maximum absolute atomic E-state index is 12.4. The van der Waals surface area contributed by atoms with Crippen LogP contribution in [0.2, 0.25) is 0 Å². The molecule has 3 unspecified atom stereocenters. The molecule has 0 fully saturated rings. The summed E-state index contributed by atoms with van der Waals surface area (Å²) in [6, 6.07) is 5.85. The van der Waals surface area contributed by atoms with Crippen LogP contribution in [-0.4, -0.2) is 69.2 Å². The molecule has 2 aliphatic rings. The molecule has 2 heterocycles. The van der Waals surface area contributed by atoms with Crippen LogP contribution < -0.4 is 26.0 Å². The summed E-state index contributed by atoms with van der Waals surface area (Å²) < 4.78 is 26.8. The number of amides is 1. The Morgan fingerprint density at radius 2 is 2.06 bits per heavy atom. The van der Waals surface area contributed by atoms with Gasteiger partial charge in [0.05, 0.1) is 4.90 Å². The number of benzene rings is 1. The fraction of sp³-hybridized carbons (Fsp3) is 0.450. The quantitative estimate of drug-likeness (QED) is 0.206. The van der Waals surface area contributed by atoms with Crippen LogP contribution in [0.25, 0.3) is 0 Å². The number of carbonyl (C=O) groups excluding carboxylic acids is 1. The monoisotopic (exact) mass is 480 g/mol. The first kappa shape index (κ1) is 24.6. The molecule has 1 amide bonds. The Kier molecular flexibility index (Phi) is 8.77. The van der Waals surface area contributed by atoms with Gasteiger partial charge in [0.2, 0.25) is 10.0 Å². The third-order valence-electron chi connectivity index (χ3n) is 4.98. The first-order valence-corrected chi connectivity index (χ1v) is 12.0. The lowest BCUT2D eigenvalue weighted by Crippen LogP contribution is -2.53. The molecular weight excluding hydrogens is 452 g/mol. The van der Waals surface area contributed by atoms with Crippen molar-refractivity contribution in [2.24, 2.45) is 5.16 Å². The van der Waals surface area contributed by atoms with Crippen molar-refractivity contribution in [3.63, 3.8) is 0 Å². The van der Waals surface area contributed by atoms with Gasteiger partial charge in [0.25, 0.3) is 5.91 Å². The number of carbonyl (C=O) groups is 2. The number of hydrogen-bond acceptors (Lipinski definition) is 9. The number of rotatable bonds is 12. The average molecular weight is 481 g/mol.